The Hall–Kier alpha value is -1.14. The molecule has 4 nitrogen and oxygen atoms in total. The molecule has 25 heavy (non-hydrogen) atoms. The minimum absolute atomic E-state index is 0.0227. The molecule has 2 aliphatic heterocycles. The standard InChI is InChI=1S/C19H23NO3S2/c21-16(20-11-15-3-1-8-19(15,12-20)18(22)23)13-4-6-14(7-5-13)17-24-9-2-10-25-17/h4-7,15,17H,1-3,8-12H2,(H,22,23)/t15-,19+/m0/s1. The first-order valence-corrected chi connectivity index (χ1v) is 11.1. The largest absolute Gasteiger partial charge is 0.481 e. The molecule has 1 aromatic carbocycles. The Labute approximate surface area is 156 Å². The van der Waals surface area contributed by atoms with Crippen LogP contribution in [0.15, 0.2) is 24.3 Å². The van der Waals surface area contributed by atoms with Gasteiger partial charge in [-0.2, -0.15) is 0 Å². The maximum atomic E-state index is 12.9. The number of aliphatic carboxylic acids is 1. The molecule has 3 aliphatic rings. The van der Waals surface area contributed by atoms with Gasteiger partial charge in [-0.15, -0.1) is 23.5 Å². The molecule has 1 N–H and O–H groups in total. The fraction of sp³-hybridized carbons (Fsp3) is 0.579. The number of thioether (sulfide) groups is 2. The molecule has 1 aromatic rings. The van der Waals surface area contributed by atoms with Crippen LogP contribution in [0.3, 0.4) is 0 Å². The molecule has 4 rings (SSSR count). The van der Waals surface area contributed by atoms with Gasteiger partial charge in [0.15, 0.2) is 0 Å². The fourth-order valence-electron chi connectivity index (χ4n) is 4.44. The number of carboxylic acid groups (broad SMARTS) is 1. The number of likely N-dealkylation sites (tertiary alicyclic amines) is 1. The first-order valence-electron chi connectivity index (χ1n) is 8.96. The van der Waals surface area contributed by atoms with Crippen LogP contribution in [0.4, 0.5) is 0 Å². The van der Waals surface area contributed by atoms with Crippen LogP contribution >= 0.6 is 23.5 Å². The van der Waals surface area contributed by atoms with Gasteiger partial charge in [0.25, 0.3) is 5.91 Å². The van der Waals surface area contributed by atoms with Crippen molar-refractivity contribution in [2.75, 3.05) is 24.6 Å². The molecule has 0 bridgehead atoms. The summed E-state index contributed by atoms with van der Waals surface area (Å²) in [6.07, 6.45) is 3.85. The molecule has 0 spiro atoms. The zero-order valence-electron chi connectivity index (χ0n) is 14.1. The molecular weight excluding hydrogens is 354 g/mol. The number of carbonyl (C=O) groups excluding carboxylic acids is 1. The van der Waals surface area contributed by atoms with Gasteiger partial charge < -0.3 is 10.0 Å². The molecule has 1 aliphatic carbocycles. The molecular formula is C19H23NO3S2. The maximum absolute atomic E-state index is 12.9. The molecule has 2 saturated heterocycles. The van der Waals surface area contributed by atoms with Crippen LogP contribution in [-0.4, -0.2) is 46.5 Å². The Morgan fingerprint density at radius 2 is 1.84 bits per heavy atom. The van der Waals surface area contributed by atoms with E-state index < -0.39 is 11.4 Å². The maximum Gasteiger partial charge on any atom is 0.311 e. The van der Waals surface area contributed by atoms with Crippen LogP contribution in [-0.2, 0) is 4.79 Å². The number of fused-ring (bicyclic) bond motifs is 1. The number of hydrogen-bond acceptors (Lipinski definition) is 4. The van der Waals surface area contributed by atoms with E-state index in [2.05, 4.69) is 12.1 Å². The summed E-state index contributed by atoms with van der Waals surface area (Å²) in [5.74, 6) is 1.76. The second kappa shape index (κ2) is 6.88. The fourth-order valence-corrected chi connectivity index (χ4v) is 7.33. The van der Waals surface area contributed by atoms with Gasteiger partial charge in [0.05, 0.1) is 10.00 Å². The summed E-state index contributed by atoms with van der Waals surface area (Å²) in [5.41, 5.74) is 1.24. The second-order valence-corrected chi connectivity index (χ2v) is 10.0. The molecule has 134 valence electrons. The molecule has 2 heterocycles. The van der Waals surface area contributed by atoms with Crippen molar-refractivity contribution in [3.63, 3.8) is 0 Å². The summed E-state index contributed by atoms with van der Waals surface area (Å²) < 4.78 is 0.472. The summed E-state index contributed by atoms with van der Waals surface area (Å²) in [7, 11) is 0. The lowest BCUT2D eigenvalue weighted by Gasteiger charge is -2.23. The van der Waals surface area contributed by atoms with Crippen molar-refractivity contribution >= 4 is 35.4 Å². The van der Waals surface area contributed by atoms with Gasteiger partial charge in [-0.25, -0.2) is 0 Å². The Balaban J connectivity index is 1.47. The van der Waals surface area contributed by atoms with Crippen LogP contribution in [0.5, 0.6) is 0 Å². The monoisotopic (exact) mass is 377 g/mol. The molecule has 0 radical (unpaired) electrons. The zero-order chi connectivity index (χ0) is 17.4. The number of hydrogen-bond donors (Lipinski definition) is 1. The summed E-state index contributed by atoms with van der Waals surface area (Å²) in [6.45, 7) is 0.948. The predicted molar refractivity (Wildman–Crippen MR) is 102 cm³/mol. The van der Waals surface area contributed by atoms with Crippen LogP contribution < -0.4 is 0 Å². The smallest absolute Gasteiger partial charge is 0.311 e. The van der Waals surface area contributed by atoms with Crippen molar-refractivity contribution in [3.05, 3.63) is 35.4 Å². The first kappa shape index (κ1) is 17.3. The van der Waals surface area contributed by atoms with E-state index in [1.54, 1.807) is 4.90 Å². The third-order valence-electron chi connectivity index (χ3n) is 5.84. The SMILES string of the molecule is O=C(c1ccc(C2SCCCS2)cc1)N1C[C@@H]2CCC[C@@]2(C(=O)O)C1. The number of amides is 1. The predicted octanol–water partition coefficient (Wildman–Crippen LogP) is 3.88. The van der Waals surface area contributed by atoms with Crippen molar-refractivity contribution in [2.45, 2.75) is 30.3 Å². The number of carbonyl (C=O) groups is 2. The Morgan fingerprint density at radius 1 is 1.12 bits per heavy atom. The van der Waals surface area contributed by atoms with Crippen LogP contribution in [0.1, 0.15) is 46.2 Å². The number of benzene rings is 1. The van der Waals surface area contributed by atoms with Gasteiger partial charge in [0, 0.05) is 18.7 Å². The Kier molecular flexibility index (Phi) is 4.75. The lowest BCUT2D eigenvalue weighted by atomic mass is 9.81. The van der Waals surface area contributed by atoms with Gasteiger partial charge in [-0.05, 0) is 54.4 Å². The highest BCUT2D eigenvalue weighted by Gasteiger charge is 2.55. The molecule has 1 amide bonds. The van der Waals surface area contributed by atoms with E-state index in [9.17, 15) is 14.7 Å². The second-order valence-electron chi connectivity index (χ2n) is 7.29. The minimum Gasteiger partial charge on any atom is -0.481 e. The van der Waals surface area contributed by atoms with Crippen molar-refractivity contribution in [2.24, 2.45) is 11.3 Å². The first-order chi connectivity index (χ1) is 12.1. The highest BCUT2D eigenvalue weighted by molar-refractivity contribution is 8.16. The summed E-state index contributed by atoms with van der Waals surface area (Å²) >= 11 is 3.94. The number of rotatable bonds is 3. The van der Waals surface area contributed by atoms with Gasteiger partial charge >= 0.3 is 5.97 Å². The van der Waals surface area contributed by atoms with E-state index in [4.69, 9.17) is 0 Å². The Morgan fingerprint density at radius 3 is 2.48 bits per heavy atom. The lowest BCUT2D eigenvalue weighted by molar-refractivity contribution is -0.149. The summed E-state index contributed by atoms with van der Waals surface area (Å²) in [4.78, 5) is 26.4. The Bertz CT molecular complexity index is 672. The molecule has 2 atom stereocenters. The highest BCUT2D eigenvalue weighted by Crippen LogP contribution is 2.49. The number of nitrogens with zero attached hydrogens (tertiary/aromatic N) is 1. The van der Waals surface area contributed by atoms with E-state index in [0.717, 1.165) is 12.8 Å². The van der Waals surface area contributed by atoms with E-state index >= 15 is 0 Å². The molecule has 0 unspecified atom stereocenters. The van der Waals surface area contributed by atoms with Gasteiger partial charge in [0.2, 0.25) is 0 Å². The average Bonchev–Trinajstić information content (AvgIpc) is 3.20. The van der Waals surface area contributed by atoms with E-state index in [-0.39, 0.29) is 11.8 Å². The van der Waals surface area contributed by atoms with Crippen molar-refractivity contribution < 1.29 is 14.7 Å². The highest BCUT2D eigenvalue weighted by atomic mass is 32.2. The minimum atomic E-state index is -0.730. The van der Waals surface area contributed by atoms with E-state index in [1.165, 1.54) is 23.5 Å². The van der Waals surface area contributed by atoms with E-state index in [0.29, 0.717) is 29.7 Å². The topological polar surface area (TPSA) is 57.6 Å². The van der Waals surface area contributed by atoms with Gasteiger partial charge in [-0.3, -0.25) is 9.59 Å². The molecule has 1 saturated carbocycles. The molecule has 6 heteroatoms. The third kappa shape index (κ3) is 3.08. The average molecular weight is 378 g/mol. The summed E-state index contributed by atoms with van der Waals surface area (Å²) in [5, 5.41) is 9.68. The third-order valence-corrected chi connectivity index (χ3v) is 8.86. The lowest BCUT2D eigenvalue weighted by Crippen LogP contribution is -2.37. The normalized spacial score (nSPS) is 29.6. The van der Waals surface area contributed by atoms with Crippen molar-refractivity contribution in [3.8, 4) is 0 Å². The molecule has 0 aromatic heterocycles. The quantitative estimate of drug-likeness (QED) is 0.866. The number of carboxylic acids is 1. The van der Waals surface area contributed by atoms with Crippen molar-refractivity contribution in [1.82, 2.24) is 4.90 Å². The van der Waals surface area contributed by atoms with Crippen LogP contribution in [0.2, 0.25) is 0 Å². The van der Waals surface area contributed by atoms with E-state index in [1.807, 2.05) is 35.7 Å². The van der Waals surface area contributed by atoms with Crippen LogP contribution in [0, 0.1) is 11.3 Å². The molecule has 3 fully saturated rings. The zero-order valence-corrected chi connectivity index (χ0v) is 15.8. The van der Waals surface area contributed by atoms with Gasteiger partial charge in [-0.1, -0.05) is 18.6 Å². The van der Waals surface area contributed by atoms with Gasteiger partial charge in [0.1, 0.15) is 0 Å². The summed E-state index contributed by atoms with van der Waals surface area (Å²) in [6, 6.07) is 7.95. The van der Waals surface area contributed by atoms with Crippen LogP contribution in [0.25, 0.3) is 0 Å². The van der Waals surface area contributed by atoms with Crippen molar-refractivity contribution in [1.29, 1.82) is 0 Å².